The summed E-state index contributed by atoms with van der Waals surface area (Å²) in [4.78, 5) is 13.1. The zero-order valence-corrected chi connectivity index (χ0v) is 14.8. The Labute approximate surface area is 155 Å². The first-order chi connectivity index (χ1) is 13.0. The quantitative estimate of drug-likeness (QED) is 0.505. The van der Waals surface area contributed by atoms with E-state index in [0.717, 1.165) is 24.2 Å². The van der Waals surface area contributed by atoms with Gasteiger partial charge in [0.15, 0.2) is 5.69 Å². The number of aryl methyl sites for hydroxylation is 1. The molecule has 7 heteroatoms. The Morgan fingerprint density at radius 3 is 2.74 bits per heavy atom. The number of benzene rings is 2. The predicted molar refractivity (Wildman–Crippen MR) is 98.2 cm³/mol. The van der Waals surface area contributed by atoms with Gasteiger partial charge in [0.1, 0.15) is 5.82 Å². The van der Waals surface area contributed by atoms with Crippen molar-refractivity contribution in [2.45, 2.75) is 25.8 Å². The van der Waals surface area contributed by atoms with Crippen LogP contribution < -0.4 is 4.90 Å². The average molecular weight is 367 g/mol. The molecule has 0 saturated heterocycles. The third kappa shape index (κ3) is 3.16. The number of fused-ring (bicyclic) bond motifs is 1. The molecule has 6 nitrogen and oxygen atoms in total. The molecule has 0 spiro atoms. The normalized spacial score (nSPS) is 16.2. The van der Waals surface area contributed by atoms with Gasteiger partial charge in [-0.2, -0.15) is 0 Å². The highest BCUT2D eigenvalue weighted by molar-refractivity contribution is 5.53. The fourth-order valence-corrected chi connectivity index (χ4v) is 3.77. The summed E-state index contributed by atoms with van der Waals surface area (Å²) in [5, 5.41) is 15.2. The fourth-order valence-electron chi connectivity index (χ4n) is 3.77. The van der Waals surface area contributed by atoms with Gasteiger partial charge in [0.25, 0.3) is 0 Å². The number of halogens is 1. The lowest BCUT2D eigenvalue weighted by Gasteiger charge is -2.38. The van der Waals surface area contributed by atoms with Crippen LogP contribution in [0.1, 0.15) is 28.6 Å². The van der Waals surface area contributed by atoms with Gasteiger partial charge >= 0.3 is 5.69 Å². The van der Waals surface area contributed by atoms with Gasteiger partial charge in [0, 0.05) is 18.7 Å². The second-order valence-corrected chi connectivity index (χ2v) is 6.64. The summed E-state index contributed by atoms with van der Waals surface area (Å²) in [5.41, 5.74) is 3.37. The van der Waals surface area contributed by atoms with E-state index in [1.165, 1.54) is 17.7 Å². The van der Waals surface area contributed by atoms with E-state index in [0.29, 0.717) is 6.42 Å². The summed E-state index contributed by atoms with van der Waals surface area (Å²) in [6, 6.07) is 14.2. The number of hydrogen-bond donors (Lipinski definition) is 0. The molecule has 0 fully saturated rings. The van der Waals surface area contributed by atoms with Crippen molar-refractivity contribution in [1.82, 2.24) is 5.16 Å². The van der Waals surface area contributed by atoms with Crippen LogP contribution in [0.2, 0.25) is 0 Å². The molecule has 2 heterocycles. The van der Waals surface area contributed by atoms with Gasteiger partial charge in [-0.1, -0.05) is 29.4 Å². The Morgan fingerprint density at radius 1 is 1.26 bits per heavy atom. The van der Waals surface area contributed by atoms with Gasteiger partial charge in [-0.05, 0) is 48.7 Å². The second kappa shape index (κ2) is 6.83. The lowest BCUT2D eigenvalue weighted by Crippen LogP contribution is -2.36. The minimum Gasteiger partial charge on any atom is -0.364 e. The number of nitro groups is 1. The van der Waals surface area contributed by atoms with E-state index < -0.39 is 4.92 Å². The van der Waals surface area contributed by atoms with Crippen LogP contribution in [0.4, 0.5) is 15.8 Å². The van der Waals surface area contributed by atoms with Crippen molar-refractivity contribution in [3.63, 3.8) is 0 Å². The average Bonchev–Trinajstić information content (AvgIpc) is 3.03. The molecular formula is C20H18FN3O3. The van der Waals surface area contributed by atoms with Gasteiger partial charge in [0.2, 0.25) is 5.76 Å². The van der Waals surface area contributed by atoms with Crippen LogP contribution in [0.5, 0.6) is 0 Å². The van der Waals surface area contributed by atoms with Crippen LogP contribution in [-0.4, -0.2) is 16.6 Å². The SMILES string of the molecule is Cc1noc(CC2c3ccccc3CCN2c2ccc(F)cc2)c1[N+](=O)[O-]. The van der Waals surface area contributed by atoms with Crippen LogP contribution >= 0.6 is 0 Å². The van der Waals surface area contributed by atoms with Gasteiger partial charge < -0.3 is 9.42 Å². The molecule has 1 aliphatic heterocycles. The molecule has 1 unspecified atom stereocenters. The molecule has 1 aromatic heterocycles. The first-order valence-corrected chi connectivity index (χ1v) is 8.74. The molecule has 0 N–H and O–H groups in total. The summed E-state index contributed by atoms with van der Waals surface area (Å²) < 4.78 is 18.7. The van der Waals surface area contributed by atoms with Crippen molar-refractivity contribution in [3.8, 4) is 0 Å². The molecule has 0 saturated carbocycles. The van der Waals surface area contributed by atoms with Gasteiger partial charge in [-0.25, -0.2) is 4.39 Å². The van der Waals surface area contributed by atoms with Crippen molar-refractivity contribution in [1.29, 1.82) is 0 Å². The monoisotopic (exact) mass is 367 g/mol. The number of nitrogens with zero attached hydrogens (tertiary/aromatic N) is 3. The maximum absolute atomic E-state index is 13.4. The Balaban J connectivity index is 1.77. The van der Waals surface area contributed by atoms with E-state index in [-0.39, 0.29) is 29.0 Å². The summed E-state index contributed by atoms with van der Waals surface area (Å²) in [6.45, 7) is 2.30. The van der Waals surface area contributed by atoms with E-state index in [1.807, 2.05) is 18.2 Å². The van der Waals surface area contributed by atoms with Crippen LogP contribution in [-0.2, 0) is 12.8 Å². The number of rotatable bonds is 4. The summed E-state index contributed by atoms with van der Waals surface area (Å²) in [5.74, 6) is -0.0412. The molecule has 0 aliphatic carbocycles. The van der Waals surface area contributed by atoms with Crippen molar-refractivity contribution in [3.05, 3.63) is 87.0 Å². The molecular weight excluding hydrogens is 349 g/mol. The molecule has 0 amide bonds. The zero-order chi connectivity index (χ0) is 19.0. The van der Waals surface area contributed by atoms with Gasteiger partial charge in [0.05, 0.1) is 11.0 Å². The largest absolute Gasteiger partial charge is 0.364 e. The van der Waals surface area contributed by atoms with Crippen LogP contribution in [0.25, 0.3) is 0 Å². The van der Waals surface area contributed by atoms with Crippen LogP contribution in [0, 0.1) is 22.9 Å². The number of anilines is 1. The smallest absolute Gasteiger partial charge is 0.334 e. The van der Waals surface area contributed by atoms with Crippen molar-refractivity contribution in [2.75, 3.05) is 11.4 Å². The highest BCUT2D eigenvalue weighted by atomic mass is 19.1. The topological polar surface area (TPSA) is 72.4 Å². The van der Waals surface area contributed by atoms with Crippen molar-refractivity contribution in [2.24, 2.45) is 0 Å². The van der Waals surface area contributed by atoms with E-state index in [2.05, 4.69) is 16.1 Å². The molecule has 1 atom stereocenters. The predicted octanol–water partition coefficient (Wildman–Crippen LogP) is 4.38. The molecule has 27 heavy (non-hydrogen) atoms. The van der Waals surface area contributed by atoms with Gasteiger partial charge in [-0.15, -0.1) is 0 Å². The molecule has 3 aromatic rings. The maximum Gasteiger partial charge on any atom is 0.334 e. The molecule has 0 bridgehead atoms. The Morgan fingerprint density at radius 2 is 2.00 bits per heavy atom. The highest BCUT2D eigenvalue weighted by Crippen LogP contribution is 2.38. The lowest BCUT2D eigenvalue weighted by atomic mass is 9.89. The first kappa shape index (κ1) is 17.2. The Bertz CT molecular complexity index is 984. The van der Waals surface area contributed by atoms with Crippen LogP contribution in [0.3, 0.4) is 0 Å². The minimum atomic E-state index is -0.446. The third-order valence-electron chi connectivity index (χ3n) is 5.03. The first-order valence-electron chi connectivity index (χ1n) is 8.74. The van der Waals surface area contributed by atoms with E-state index >= 15 is 0 Å². The van der Waals surface area contributed by atoms with E-state index in [9.17, 15) is 14.5 Å². The maximum atomic E-state index is 13.4. The Kier molecular flexibility index (Phi) is 4.35. The molecule has 0 radical (unpaired) electrons. The number of aromatic nitrogens is 1. The molecule has 2 aromatic carbocycles. The standard InChI is InChI=1S/C20H18FN3O3/c1-13-20(24(25)26)19(27-22-13)12-18-17-5-3-2-4-14(17)10-11-23(18)16-8-6-15(21)7-9-16/h2-9,18H,10-12H2,1H3. The minimum absolute atomic E-state index is 0.0721. The molecule has 1 aliphatic rings. The summed E-state index contributed by atoms with van der Waals surface area (Å²) >= 11 is 0. The van der Waals surface area contributed by atoms with E-state index in [1.54, 1.807) is 19.1 Å². The summed E-state index contributed by atoms with van der Waals surface area (Å²) in [6.07, 6.45) is 1.16. The van der Waals surface area contributed by atoms with Crippen molar-refractivity contribution < 1.29 is 13.8 Å². The Hall–Kier alpha value is -3.22. The second-order valence-electron chi connectivity index (χ2n) is 6.64. The van der Waals surface area contributed by atoms with Crippen LogP contribution in [0.15, 0.2) is 53.1 Å². The lowest BCUT2D eigenvalue weighted by molar-refractivity contribution is -0.386. The van der Waals surface area contributed by atoms with Gasteiger partial charge in [-0.3, -0.25) is 10.1 Å². The molecule has 138 valence electrons. The van der Waals surface area contributed by atoms with E-state index in [4.69, 9.17) is 4.52 Å². The fraction of sp³-hybridized carbons (Fsp3) is 0.250. The highest BCUT2D eigenvalue weighted by Gasteiger charge is 2.33. The number of hydrogen-bond acceptors (Lipinski definition) is 5. The zero-order valence-electron chi connectivity index (χ0n) is 14.8. The molecule has 4 rings (SSSR count). The third-order valence-corrected chi connectivity index (χ3v) is 5.03. The summed E-state index contributed by atoms with van der Waals surface area (Å²) in [7, 11) is 0. The van der Waals surface area contributed by atoms with Crippen molar-refractivity contribution >= 4 is 11.4 Å².